The van der Waals surface area contributed by atoms with E-state index in [1.54, 1.807) is 16.8 Å². The molecule has 0 bridgehead atoms. The van der Waals surface area contributed by atoms with E-state index in [0.717, 1.165) is 5.52 Å². The van der Waals surface area contributed by atoms with Gasteiger partial charge in [-0.15, -0.1) is 10.2 Å². The molecular weight excluding hydrogens is 256 g/mol. The normalized spacial score (nSPS) is 11.2. The third kappa shape index (κ3) is 1.73. The summed E-state index contributed by atoms with van der Waals surface area (Å²) in [6.07, 6.45) is 3.10. The molecule has 3 aromatic rings. The van der Waals surface area contributed by atoms with Gasteiger partial charge in [-0.3, -0.25) is 4.40 Å². The van der Waals surface area contributed by atoms with Crippen LogP contribution in [-0.4, -0.2) is 42.8 Å². The molecule has 0 fully saturated rings. The highest BCUT2D eigenvalue weighted by Gasteiger charge is 2.10. The second kappa shape index (κ2) is 4.35. The molecule has 0 saturated carbocycles. The van der Waals surface area contributed by atoms with Crippen LogP contribution in [0.1, 0.15) is 0 Å². The maximum absolute atomic E-state index is 8.83. The van der Waals surface area contributed by atoms with Crippen LogP contribution in [0.15, 0.2) is 18.6 Å². The lowest BCUT2D eigenvalue weighted by molar-refractivity contribution is 0.311. The summed E-state index contributed by atoms with van der Waals surface area (Å²) in [5.74, 6) is 0.531. The monoisotopic (exact) mass is 264 g/mol. The van der Waals surface area contributed by atoms with Crippen molar-refractivity contribution < 1.29 is 5.11 Å². The van der Waals surface area contributed by atoms with Gasteiger partial charge in [0, 0.05) is 12.7 Å². The van der Waals surface area contributed by atoms with E-state index < -0.39 is 0 Å². The number of anilines is 1. The Labute approximate surface area is 106 Å². The predicted octanol–water partition coefficient (Wildman–Crippen LogP) is 0.730. The van der Waals surface area contributed by atoms with Crippen LogP contribution in [0.3, 0.4) is 0 Å². The molecule has 0 aliphatic heterocycles. The van der Waals surface area contributed by atoms with Crippen LogP contribution in [0.5, 0.6) is 0 Å². The van der Waals surface area contributed by atoms with Crippen LogP contribution in [0.4, 0.5) is 5.82 Å². The van der Waals surface area contributed by atoms with Crippen molar-refractivity contribution in [2.75, 3.05) is 18.5 Å². The number of rotatable bonds is 3. The van der Waals surface area contributed by atoms with E-state index >= 15 is 0 Å². The highest BCUT2D eigenvalue weighted by atomic mass is 35.5. The maximum atomic E-state index is 8.83. The largest absolute Gasteiger partial charge is 0.395 e. The van der Waals surface area contributed by atoms with Crippen LogP contribution in [0, 0.1) is 0 Å². The van der Waals surface area contributed by atoms with Crippen LogP contribution in [0.2, 0.25) is 5.02 Å². The summed E-state index contributed by atoms with van der Waals surface area (Å²) in [6.45, 7) is 0.392. The predicted molar refractivity (Wildman–Crippen MR) is 66.7 cm³/mol. The number of nitrogens with zero attached hydrogens (tertiary/aromatic N) is 5. The summed E-state index contributed by atoms with van der Waals surface area (Å²) in [7, 11) is 0. The molecule has 0 saturated heterocycles. The van der Waals surface area contributed by atoms with E-state index in [9.17, 15) is 0 Å². The van der Waals surface area contributed by atoms with Gasteiger partial charge in [-0.25, -0.2) is 9.97 Å². The number of nitrogens with one attached hydrogen (secondary N) is 1. The fourth-order valence-corrected chi connectivity index (χ4v) is 1.86. The second-order valence-electron chi connectivity index (χ2n) is 3.63. The number of aliphatic hydroxyl groups excluding tert-OH is 1. The Morgan fingerprint density at radius 2 is 2.33 bits per heavy atom. The number of hydrogen-bond donors (Lipinski definition) is 2. The van der Waals surface area contributed by atoms with Crippen molar-refractivity contribution >= 4 is 34.2 Å². The Bertz CT molecular complexity index is 712. The van der Waals surface area contributed by atoms with Gasteiger partial charge in [0.15, 0.2) is 11.5 Å². The van der Waals surface area contributed by atoms with Crippen molar-refractivity contribution in [3.05, 3.63) is 23.6 Å². The third-order valence-electron chi connectivity index (χ3n) is 2.45. The average molecular weight is 265 g/mol. The maximum Gasteiger partial charge on any atom is 0.204 e. The standard InChI is InChI=1S/C10H9ClN6O/c11-6-3-7-8(13-4-6)15-9(12-1-2-18)10-16-14-5-17(7)10/h3-5,18H,1-2H2,(H,12,13,15). The first-order valence-corrected chi connectivity index (χ1v) is 5.67. The lowest BCUT2D eigenvalue weighted by Gasteiger charge is -2.07. The SMILES string of the molecule is OCCNc1nc2ncc(Cl)cc2n2cnnc12. The van der Waals surface area contributed by atoms with Crippen LogP contribution >= 0.6 is 11.6 Å². The topological polar surface area (TPSA) is 88.2 Å². The summed E-state index contributed by atoms with van der Waals surface area (Å²) in [5, 5.41) is 20.2. The number of pyridine rings is 1. The Morgan fingerprint density at radius 1 is 1.44 bits per heavy atom. The molecule has 8 heteroatoms. The van der Waals surface area contributed by atoms with E-state index in [2.05, 4.69) is 25.5 Å². The molecule has 2 N–H and O–H groups in total. The van der Waals surface area contributed by atoms with Gasteiger partial charge in [-0.05, 0) is 6.07 Å². The zero-order valence-corrected chi connectivity index (χ0v) is 9.96. The molecule has 7 nitrogen and oxygen atoms in total. The first-order valence-electron chi connectivity index (χ1n) is 5.29. The second-order valence-corrected chi connectivity index (χ2v) is 4.07. The van der Waals surface area contributed by atoms with Crippen molar-refractivity contribution in [1.29, 1.82) is 0 Å². The lowest BCUT2D eigenvalue weighted by atomic mass is 10.4. The molecule has 92 valence electrons. The third-order valence-corrected chi connectivity index (χ3v) is 2.66. The van der Waals surface area contributed by atoms with E-state index in [1.807, 2.05) is 0 Å². The molecule has 0 unspecified atom stereocenters. The first-order chi connectivity index (χ1) is 8.79. The van der Waals surface area contributed by atoms with Gasteiger partial charge in [0.1, 0.15) is 6.33 Å². The van der Waals surface area contributed by atoms with Crippen molar-refractivity contribution in [3.8, 4) is 0 Å². The molecule has 0 atom stereocenters. The van der Waals surface area contributed by atoms with Gasteiger partial charge >= 0.3 is 0 Å². The summed E-state index contributed by atoms with van der Waals surface area (Å²) in [5.41, 5.74) is 1.84. The van der Waals surface area contributed by atoms with E-state index in [0.29, 0.717) is 28.7 Å². The summed E-state index contributed by atoms with van der Waals surface area (Å²) in [4.78, 5) is 8.50. The van der Waals surface area contributed by atoms with E-state index in [4.69, 9.17) is 16.7 Å². The molecule has 0 aromatic carbocycles. The summed E-state index contributed by atoms with van der Waals surface area (Å²) >= 11 is 5.92. The molecule has 0 aliphatic rings. The molecule has 0 radical (unpaired) electrons. The molecule has 0 spiro atoms. The highest BCUT2D eigenvalue weighted by molar-refractivity contribution is 6.31. The number of hydrogen-bond acceptors (Lipinski definition) is 6. The van der Waals surface area contributed by atoms with Crippen LogP contribution in [-0.2, 0) is 0 Å². The summed E-state index contributed by atoms with van der Waals surface area (Å²) in [6, 6.07) is 1.75. The highest BCUT2D eigenvalue weighted by Crippen LogP contribution is 2.20. The molecule has 3 rings (SSSR count). The van der Waals surface area contributed by atoms with Gasteiger partial charge in [0.05, 0.1) is 17.1 Å². The van der Waals surface area contributed by atoms with Gasteiger partial charge in [0.25, 0.3) is 0 Å². The quantitative estimate of drug-likeness (QED) is 0.725. The van der Waals surface area contributed by atoms with Gasteiger partial charge < -0.3 is 10.4 Å². The number of fused-ring (bicyclic) bond motifs is 3. The molecule has 0 amide bonds. The number of halogens is 1. The Kier molecular flexibility index (Phi) is 2.69. The zero-order valence-electron chi connectivity index (χ0n) is 9.21. The van der Waals surface area contributed by atoms with Crippen LogP contribution in [0.25, 0.3) is 16.8 Å². The first kappa shape index (κ1) is 11.1. The molecule has 3 heterocycles. The Balaban J connectivity index is 2.29. The van der Waals surface area contributed by atoms with E-state index in [-0.39, 0.29) is 6.61 Å². The Morgan fingerprint density at radius 3 is 3.17 bits per heavy atom. The number of aromatic nitrogens is 5. The fraction of sp³-hybridized carbons (Fsp3) is 0.200. The number of aliphatic hydroxyl groups is 1. The van der Waals surface area contributed by atoms with Gasteiger partial charge in [0.2, 0.25) is 5.65 Å². The smallest absolute Gasteiger partial charge is 0.204 e. The van der Waals surface area contributed by atoms with Crippen molar-refractivity contribution in [1.82, 2.24) is 24.6 Å². The van der Waals surface area contributed by atoms with Crippen molar-refractivity contribution in [2.24, 2.45) is 0 Å². The molecule has 3 aromatic heterocycles. The van der Waals surface area contributed by atoms with Gasteiger partial charge in [-0.1, -0.05) is 11.6 Å². The average Bonchev–Trinajstić information content (AvgIpc) is 2.86. The lowest BCUT2D eigenvalue weighted by Crippen LogP contribution is -2.09. The minimum Gasteiger partial charge on any atom is -0.395 e. The fourth-order valence-electron chi connectivity index (χ4n) is 1.71. The molecule has 18 heavy (non-hydrogen) atoms. The minimum atomic E-state index is 0.00800. The van der Waals surface area contributed by atoms with E-state index in [1.165, 1.54) is 6.20 Å². The van der Waals surface area contributed by atoms with Crippen molar-refractivity contribution in [3.63, 3.8) is 0 Å². The summed E-state index contributed by atoms with van der Waals surface area (Å²) < 4.78 is 1.75. The Hall–Kier alpha value is -1.99. The minimum absolute atomic E-state index is 0.00800. The molecule has 0 aliphatic carbocycles. The molecular formula is C10H9ClN6O. The zero-order chi connectivity index (χ0) is 12.5. The van der Waals surface area contributed by atoms with Crippen molar-refractivity contribution in [2.45, 2.75) is 0 Å². The van der Waals surface area contributed by atoms with Crippen LogP contribution < -0.4 is 5.32 Å². The van der Waals surface area contributed by atoms with Gasteiger partial charge in [-0.2, -0.15) is 0 Å².